The summed E-state index contributed by atoms with van der Waals surface area (Å²) in [4.78, 5) is 12.1. The number of hydrogen-bond acceptors (Lipinski definition) is 4. The van der Waals surface area contributed by atoms with Crippen LogP contribution in [0.4, 0.5) is 5.69 Å². The second-order valence-corrected chi connectivity index (χ2v) is 7.52. The third-order valence-electron chi connectivity index (χ3n) is 4.09. The zero-order valence-electron chi connectivity index (χ0n) is 12.4. The highest BCUT2D eigenvalue weighted by molar-refractivity contribution is 9.10. The minimum atomic E-state index is -0.123. The van der Waals surface area contributed by atoms with E-state index in [1.165, 1.54) is 36.8 Å². The summed E-state index contributed by atoms with van der Waals surface area (Å²) in [5.74, 6) is 0. The SMILES string of the molecule is C=CCn1ncc(NCC2(SC)CCCCC2)c(Br)c1=O. The van der Waals surface area contributed by atoms with Crippen molar-refractivity contribution >= 4 is 33.4 Å². The van der Waals surface area contributed by atoms with Gasteiger partial charge in [-0.3, -0.25) is 4.79 Å². The molecule has 0 radical (unpaired) electrons. The summed E-state index contributed by atoms with van der Waals surface area (Å²) in [7, 11) is 0. The number of halogens is 1. The molecule has 0 aliphatic heterocycles. The van der Waals surface area contributed by atoms with E-state index in [2.05, 4.69) is 39.2 Å². The summed E-state index contributed by atoms with van der Waals surface area (Å²) in [5, 5.41) is 7.59. The minimum absolute atomic E-state index is 0.123. The van der Waals surface area contributed by atoms with Crippen LogP contribution in [0.15, 0.2) is 28.1 Å². The van der Waals surface area contributed by atoms with Crippen LogP contribution in [0.2, 0.25) is 0 Å². The molecule has 0 unspecified atom stereocenters. The predicted molar refractivity (Wildman–Crippen MR) is 94.2 cm³/mol. The van der Waals surface area contributed by atoms with E-state index in [0.717, 1.165) is 12.2 Å². The van der Waals surface area contributed by atoms with E-state index in [1.54, 1.807) is 12.3 Å². The van der Waals surface area contributed by atoms with Gasteiger partial charge in [-0.05, 0) is 35.0 Å². The topological polar surface area (TPSA) is 46.9 Å². The number of allylic oxidation sites excluding steroid dienone is 1. The lowest BCUT2D eigenvalue weighted by atomic mass is 9.88. The summed E-state index contributed by atoms with van der Waals surface area (Å²) >= 11 is 5.33. The van der Waals surface area contributed by atoms with Crippen LogP contribution in [-0.2, 0) is 6.54 Å². The van der Waals surface area contributed by atoms with Crippen LogP contribution in [-0.4, -0.2) is 27.3 Å². The summed E-state index contributed by atoms with van der Waals surface area (Å²) in [6, 6.07) is 0. The molecule has 1 fully saturated rings. The Morgan fingerprint density at radius 1 is 1.52 bits per heavy atom. The average Bonchev–Trinajstić information content (AvgIpc) is 2.52. The number of nitrogens with zero attached hydrogens (tertiary/aromatic N) is 2. The number of rotatable bonds is 6. The lowest BCUT2D eigenvalue weighted by Crippen LogP contribution is -2.36. The molecule has 1 aliphatic rings. The van der Waals surface area contributed by atoms with Crippen molar-refractivity contribution in [1.82, 2.24) is 9.78 Å². The fraction of sp³-hybridized carbons (Fsp3) is 0.600. The molecule has 21 heavy (non-hydrogen) atoms. The molecule has 1 aromatic rings. The fourth-order valence-corrected chi connectivity index (χ4v) is 4.11. The molecule has 1 heterocycles. The highest BCUT2D eigenvalue weighted by atomic mass is 79.9. The van der Waals surface area contributed by atoms with Crippen molar-refractivity contribution in [2.45, 2.75) is 43.4 Å². The van der Waals surface area contributed by atoms with Gasteiger partial charge < -0.3 is 5.32 Å². The number of thioether (sulfide) groups is 1. The summed E-state index contributed by atoms with van der Waals surface area (Å²) < 4.78 is 2.23. The molecular weight excluding hydrogens is 350 g/mol. The third-order valence-corrected chi connectivity index (χ3v) is 6.27. The molecular formula is C15H22BrN3OS. The van der Waals surface area contributed by atoms with Crippen molar-refractivity contribution in [3.8, 4) is 0 Å². The first-order valence-corrected chi connectivity index (χ1v) is 9.29. The van der Waals surface area contributed by atoms with E-state index < -0.39 is 0 Å². The van der Waals surface area contributed by atoms with Crippen molar-refractivity contribution in [1.29, 1.82) is 0 Å². The lowest BCUT2D eigenvalue weighted by molar-refractivity contribution is 0.411. The Labute approximate surface area is 138 Å². The predicted octanol–water partition coefficient (Wildman–Crippen LogP) is 3.67. The normalized spacial score (nSPS) is 17.4. The minimum Gasteiger partial charge on any atom is -0.381 e. The molecule has 0 spiro atoms. The van der Waals surface area contributed by atoms with E-state index in [0.29, 0.717) is 11.0 Å². The van der Waals surface area contributed by atoms with Gasteiger partial charge in [0.25, 0.3) is 5.56 Å². The highest BCUT2D eigenvalue weighted by Crippen LogP contribution is 2.38. The Morgan fingerprint density at radius 2 is 2.24 bits per heavy atom. The van der Waals surface area contributed by atoms with Crippen molar-refractivity contribution in [3.05, 3.63) is 33.7 Å². The number of hydrogen-bond donors (Lipinski definition) is 1. The van der Waals surface area contributed by atoms with E-state index in [4.69, 9.17) is 0 Å². The third kappa shape index (κ3) is 3.92. The maximum atomic E-state index is 12.1. The van der Waals surface area contributed by atoms with Crippen molar-refractivity contribution in [2.75, 3.05) is 18.1 Å². The molecule has 0 atom stereocenters. The average molecular weight is 372 g/mol. The van der Waals surface area contributed by atoms with Crippen LogP contribution in [0.1, 0.15) is 32.1 Å². The molecule has 1 saturated carbocycles. The quantitative estimate of drug-likeness (QED) is 0.774. The van der Waals surface area contributed by atoms with E-state index in [-0.39, 0.29) is 10.3 Å². The van der Waals surface area contributed by atoms with Crippen LogP contribution < -0.4 is 10.9 Å². The zero-order chi connectivity index (χ0) is 15.3. The first-order chi connectivity index (χ1) is 10.1. The molecule has 1 aromatic heterocycles. The number of aromatic nitrogens is 2. The van der Waals surface area contributed by atoms with Gasteiger partial charge in [-0.2, -0.15) is 16.9 Å². The van der Waals surface area contributed by atoms with Crippen LogP contribution in [0.25, 0.3) is 0 Å². The van der Waals surface area contributed by atoms with Crippen molar-refractivity contribution in [2.24, 2.45) is 0 Å². The summed E-state index contributed by atoms with van der Waals surface area (Å²) in [6.07, 6.45) is 12.0. The number of anilines is 1. The van der Waals surface area contributed by atoms with Gasteiger partial charge in [0, 0.05) is 11.3 Å². The molecule has 0 saturated heterocycles. The molecule has 1 N–H and O–H groups in total. The molecule has 4 nitrogen and oxygen atoms in total. The molecule has 0 amide bonds. The monoisotopic (exact) mass is 371 g/mol. The van der Waals surface area contributed by atoms with E-state index >= 15 is 0 Å². The van der Waals surface area contributed by atoms with Gasteiger partial charge in [-0.25, -0.2) is 4.68 Å². The van der Waals surface area contributed by atoms with Gasteiger partial charge in [-0.1, -0.05) is 25.3 Å². The van der Waals surface area contributed by atoms with Crippen molar-refractivity contribution in [3.63, 3.8) is 0 Å². The maximum Gasteiger partial charge on any atom is 0.283 e. The molecule has 2 rings (SSSR count). The van der Waals surface area contributed by atoms with E-state index in [1.807, 2.05) is 11.8 Å². The fourth-order valence-electron chi connectivity index (χ4n) is 2.75. The van der Waals surface area contributed by atoms with Gasteiger partial charge in [0.1, 0.15) is 4.47 Å². The molecule has 0 bridgehead atoms. The maximum absolute atomic E-state index is 12.1. The smallest absolute Gasteiger partial charge is 0.283 e. The van der Waals surface area contributed by atoms with Crippen LogP contribution in [0.3, 0.4) is 0 Å². The Balaban J connectivity index is 2.11. The highest BCUT2D eigenvalue weighted by Gasteiger charge is 2.31. The first-order valence-electron chi connectivity index (χ1n) is 7.27. The van der Waals surface area contributed by atoms with Gasteiger partial charge in [0.15, 0.2) is 0 Å². The summed E-state index contributed by atoms with van der Waals surface area (Å²) in [5.41, 5.74) is 0.654. The van der Waals surface area contributed by atoms with Gasteiger partial charge in [0.05, 0.1) is 18.4 Å². The Morgan fingerprint density at radius 3 is 2.86 bits per heavy atom. The molecule has 0 aromatic carbocycles. The Bertz CT molecular complexity index is 552. The molecule has 116 valence electrons. The Hall–Kier alpha value is -0.750. The largest absolute Gasteiger partial charge is 0.381 e. The second-order valence-electron chi connectivity index (χ2n) is 5.45. The van der Waals surface area contributed by atoms with Gasteiger partial charge in [-0.15, -0.1) is 6.58 Å². The molecule has 1 aliphatic carbocycles. The second kappa shape index (κ2) is 7.49. The first kappa shape index (κ1) is 16.6. The summed E-state index contributed by atoms with van der Waals surface area (Å²) in [6.45, 7) is 4.93. The van der Waals surface area contributed by atoms with Gasteiger partial charge >= 0.3 is 0 Å². The van der Waals surface area contributed by atoms with Gasteiger partial charge in [0.2, 0.25) is 0 Å². The van der Waals surface area contributed by atoms with Crippen LogP contribution in [0, 0.1) is 0 Å². The molecule has 6 heteroatoms. The van der Waals surface area contributed by atoms with Crippen LogP contribution >= 0.6 is 27.7 Å². The lowest BCUT2D eigenvalue weighted by Gasteiger charge is -2.36. The van der Waals surface area contributed by atoms with E-state index in [9.17, 15) is 4.79 Å². The number of nitrogens with one attached hydrogen (secondary N) is 1. The van der Waals surface area contributed by atoms with Crippen LogP contribution in [0.5, 0.6) is 0 Å². The standard InChI is InChI=1S/C15H22BrN3OS/c1-3-9-19-14(20)13(16)12(10-18-19)17-11-15(21-2)7-5-4-6-8-15/h3,10,17H,1,4-9,11H2,2H3. The zero-order valence-corrected chi connectivity index (χ0v) is 14.8. The Kier molecular flexibility index (Phi) is 5.93. The van der Waals surface area contributed by atoms with Crippen molar-refractivity contribution < 1.29 is 0 Å².